The van der Waals surface area contributed by atoms with Crippen LogP contribution in [0.5, 0.6) is 5.75 Å². The van der Waals surface area contributed by atoms with Gasteiger partial charge in [-0.15, -0.1) is 0 Å². The van der Waals surface area contributed by atoms with E-state index in [1.807, 2.05) is 32.0 Å². The van der Waals surface area contributed by atoms with Gasteiger partial charge in [-0.2, -0.15) is 0 Å². The van der Waals surface area contributed by atoms with Gasteiger partial charge >= 0.3 is 0 Å². The largest absolute Gasteiger partial charge is 0.463 e. The van der Waals surface area contributed by atoms with Gasteiger partial charge in [0.25, 0.3) is 0 Å². The highest BCUT2D eigenvalue weighted by molar-refractivity contribution is 5.20. The molecule has 0 aromatic heterocycles. The molecular weight excluding hydrogens is 180 g/mol. The summed E-state index contributed by atoms with van der Waals surface area (Å²) in [6, 6.07) is 9.18. The van der Waals surface area contributed by atoms with Crippen LogP contribution in [0.2, 0.25) is 0 Å². The van der Waals surface area contributed by atoms with E-state index in [1.165, 1.54) is 0 Å². The lowest BCUT2D eigenvalue weighted by Crippen LogP contribution is -2.24. The van der Waals surface area contributed by atoms with E-state index in [2.05, 4.69) is 0 Å². The fourth-order valence-corrected chi connectivity index (χ4v) is 0.965. The molecule has 14 heavy (non-hydrogen) atoms. The van der Waals surface area contributed by atoms with Crippen molar-refractivity contribution in [1.29, 1.82) is 0 Å². The molecule has 0 saturated heterocycles. The minimum atomic E-state index is -0.903. The van der Waals surface area contributed by atoms with Crippen molar-refractivity contribution in [3.05, 3.63) is 30.3 Å². The van der Waals surface area contributed by atoms with Crippen molar-refractivity contribution < 1.29 is 14.6 Å². The van der Waals surface area contributed by atoms with Crippen molar-refractivity contribution >= 4 is 0 Å². The molecule has 0 radical (unpaired) electrons. The van der Waals surface area contributed by atoms with Gasteiger partial charge in [-0.25, -0.2) is 0 Å². The van der Waals surface area contributed by atoms with Crippen molar-refractivity contribution in [1.82, 2.24) is 0 Å². The van der Waals surface area contributed by atoms with Crippen LogP contribution < -0.4 is 4.74 Å². The maximum absolute atomic E-state index is 9.40. The number of rotatable bonds is 5. The van der Waals surface area contributed by atoms with Gasteiger partial charge in [0.2, 0.25) is 6.29 Å². The second-order valence-electron chi connectivity index (χ2n) is 3.27. The molecule has 78 valence electrons. The molecule has 0 spiro atoms. The first kappa shape index (κ1) is 11.0. The zero-order valence-corrected chi connectivity index (χ0v) is 8.51. The fourth-order valence-electron chi connectivity index (χ4n) is 0.965. The minimum Gasteiger partial charge on any atom is -0.463 e. The Morgan fingerprint density at radius 3 is 2.43 bits per heavy atom. The predicted octanol–water partition coefficient (Wildman–Crippen LogP) is 1.81. The predicted molar refractivity (Wildman–Crippen MR) is 54.2 cm³/mol. The van der Waals surface area contributed by atoms with Gasteiger partial charge in [0, 0.05) is 0 Å². The molecule has 0 aliphatic rings. The van der Waals surface area contributed by atoms with E-state index >= 15 is 0 Å². The molecule has 0 fully saturated rings. The summed E-state index contributed by atoms with van der Waals surface area (Å²) < 4.78 is 10.4. The average Bonchev–Trinajstić information content (AvgIpc) is 2.16. The molecule has 3 heteroatoms. The van der Waals surface area contributed by atoms with E-state index in [-0.39, 0.29) is 12.7 Å². The monoisotopic (exact) mass is 196 g/mol. The SMILES string of the molecule is CC(C)OCC(O)Oc1ccccc1. The normalized spacial score (nSPS) is 12.9. The maximum Gasteiger partial charge on any atom is 0.221 e. The van der Waals surface area contributed by atoms with Gasteiger partial charge < -0.3 is 14.6 Å². The lowest BCUT2D eigenvalue weighted by atomic mass is 10.3. The Hall–Kier alpha value is -1.06. The second kappa shape index (κ2) is 5.62. The van der Waals surface area contributed by atoms with Gasteiger partial charge in [-0.1, -0.05) is 18.2 Å². The first-order valence-corrected chi connectivity index (χ1v) is 4.70. The summed E-state index contributed by atoms with van der Waals surface area (Å²) in [7, 11) is 0. The van der Waals surface area contributed by atoms with E-state index < -0.39 is 6.29 Å². The minimum absolute atomic E-state index is 0.101. The standard InChI is InChI=1S/C11H16O3/c1-9(2)13-8-11(12)14-10-6-4-3-5-7-10/h3-7,9,11-12H,8H2,1-2H3. The van der Waals surface area contributed by atoms with Crippen LogP contribution in [-0.4, -0.2) is 24.1 Å². The molecule has 1 atom stereocenters. The lowest BCUT2D eigenvalue weighted by Gasteiger charge is -2.15. The summed E-state index contributed by atoms with van der Waals surface area (Å²) in [5.41, 5.74) is 0. The Balaban J connectivity index is 2.30. The van der Waals surface area contributed by atoms with Crippen LogP contribution in [0.25, 0.3) is 0 Å². The molecule has 0 aliphatic heterocycles. The Morgan fingerprint density at radius 1 is 1.21 bits per heavy atom. The fraction of sp³-hybridized carbons (Fsp3) is 0.455. The van der Waals surface area contributed by atoms with E-state index in [9.17, 15) is 5.11 Å². The molecule has 1 rings (SSSR count). The van der Waals surface area contributed by atoms with Crippen LogP contribution in [-0.2, 0) is 4.74 Å². The molecule has 1 N–H and O–H groups in total. The van der Waals surface area contributed by atoms with Crippen LogP contribution in [0.15, 0.2) is 30.3 Å². The molecule has 1 aromatic rings. The van der Waals surface area contributed by atoms with Crippen molar-refractivity contribution in [2.24, 2.45) is 0 Å². The zero-order valence-electron chi connectivity index (χ0n) is 8.51. The quantitative estimate of drug-likeness (QED) is 0.730. The zero-order chi connectivity index (χ0) is 10.4. The van der Waals surface area contributed by atoms with Crippen LogP contribution >= 0.6 is 0 Å². The number of ether oxygens (including phenoxy) is 2. The van der Waals surface area contributed by atoms with E-state index in [0.29, 0.717) is 5.75 Å². The highest BCUT2D eigenvalue weighted by Crippen LogP contribution is 2.10. The molecule has 0 amide bonds. The first-order valence-electron chi connectivity index (χ1n) is 4.70. The molecule has 0 saturated carbocycles. The summed E-state index contributed by atoms with van der Waals surface area (Å²) >= 11 is 0. The first-order chi connectivity index (χ1) is 6.68. The molecule has 3 nitrogen and oxygen atoms in total. The molecule has 0 aliphatic carbocycles. The van der Waals surface area contributed by atoms with Crippen molar-refractivity contribution in [3.63, 3.8) is 0 Å². The Morgan fingerprint density at radius 2 is 1.86 bits per heavy atom. The van der Waals surface area contributed by atoms with Crippen molar-refractivity contribution in [2.75, 3.05) is 6.61 Å². The van der Waals surface area contributed by atoms with Gasteiger partial charge in [0.05, 0.1) is 6.10 Å². The van der Waals surface area contributed by atoms with Crippen LogP contribution in [0.3, 0.4) is 0 Å². The Bertz CT molecular complexity index is 246. The van der Waals surface area contributed by atoms with Gasteiger partial charge in [-0.3, -0.25) is 0 Å². The van der Waals surface area contributed by atoms with E-state index in [4.69, 9.17) is 9.47 Å². The number of aliphatic hydroxyl groups excluding tert-OH is 1. The summed E-state index contributed by atoms with van der Waals surface area (Å²) in [4.78, 5) is 0. The number of benzene rings is 1. The third kappa shape index (κ3) is 4.25. The van der Waals surface area contributed by atoms with Crippen LogP contribution in [0, 0.1) is 0 Å². The molecule has 1 aromatic carbocycles. The maximum atomic E-state index is 9.40. The summed E-state index contributed by atoms with van der Waals surface area (Å²) in [5, 5.41) is 9.40. The Kier molecular flexibility index (Phi) is 4.43. The number of aliphatic hydroxyl groups is 1. The van der Waals surface area contributed by atoms with Gasteiger partial charge in [0.15, 0.2) is 0 Å². The number of hydrogen-bond donors (Lipinski definition) is 1. The lowest BCUT2D eigenvalue weighted by molar-refractivity contribution is -0.0902. The molecular formula is C11H16O3. The number of hydrogen-bond acceptors (Lipinski definition) is 3. The van der Waals surface area contributed by atoms with E-state index in [0.717, 1.165) is 0 Å². The van der Waals surface area contributed by atoms with Gasteiger partial charge in [0.1, 0.15) is 12.4 Å². The Labute approximate surface area is 84.3 Å². The second-order valence-corrected chi connectivity index (χ2v) is 3.27. The molecule has 1 unspecified atom stereocenters. The molecule has 0 heterocycles. The molecule has 0 bridgehead atoms. The smallest absolute Gasteiger partial charge is 0.221 e. The highest BCUT2D eigenvalue weighted by atomic mass is 16.6. The number of para-hydroxylation sites is 1. The third-order valence-corrected chi connectivity index (χ3v) is 1.59. The van der Waals surface area contributed by atoms with Crippen LogP contribution in [0.1, 0.15) is 13.8 Å². The topological polar surface area (TPSA) is 38.7 Å². The summed E-state index contributed by atoms with van der Waals surface area (Å²) in [6.07, 6.45) is -0.802. The average molecular weight is 196 g/mol. The van der Waals surface area contributed by atoms with Crippen molar-refractivity contribution in [3.8, 4) is 5.75 Å². The summed E-state index contributed by atoms with van der Waals surface area (Å²) in [6.45, 7) is 4.01. The summed E-state index contributed by atoms with van der Waals surface area (Å²) in [5.74, 6) is 0.646. The van der Waals surface area contributed by atoms with Crippen molar-refractivity contribution in [2.45, 2.75) is 26.2 Å². The van der Waals surface area contributed by atoms with Crippen LogP contribution in [0.4, 0.5) is 0 Å². The van der Waals surface area contributed by atoms with E-state index in [1.54, 1.807) is 12.1 Å². The highest BCUT2D eigenvalue weighted by Gasteiger charge is 2.06. The third-order valence-electron chi connectivity index (χ3n) is 1.59. The van der Waals surface area contributed by atoms with Gasteiger partial charge in [-0.05, 0) is 26.0 Å².